The second-order valence-corrected chi connectivity index (χ2v) is 8.98. The fourth-order valence-corrected chi connectivity index (χ4v) is 3.28. The molecule has 1 N–H and O–H groups in total. The standard InChI is InChI=1S/C22H42N2O6/c1-11-15(5)19(16(28-10)13-17(25)29-12-2)24(9)20(26)18(14(3)4)23-21(27)30-22(6,7)8/h14-16,18-19H,11-13H2,1-10H3,(H,23,27)/t15-,16-,18-,19?/m0/s1. The molecule has 0 heterocycles. The van der Waals surface area contributed by atoms with Gasteiger partial charge >= 0.3 is 12.1 Å². The maximum absolute atomic E-state index is 13.4. The second kappa shape index (κ2) is 12.8. The number of alkyl carbamates (subject to hydrolysis) is 1. The summed E-state index contributed by atoms with van der Waals surface area (Å²) in [6.07, 6.45) is -0.334. The number of carbonyl (C=O) groups is 3. The zero-order chi connectivity index (χ0) is 23.6. The molecule has 0 aromatic heterocycles. The summed E-state index contributed by atoms with van der Waals surface area (Å²) in [6, 6.07) is -1.13. The van der Waals surface area contributed by atoms with Gasteiger partial charge in [-0.3, -0.25) is 9.59 Å². The molecule has 0 aliphatic heterocycles. The summed E-state index contributed by atoms with van der Waals surface area (Å²) in [5, 5.41) is 2.70. The monoisotopic (exact) mass is 430 g/mol. The minimum atomic E-state index is -0.767. The van der Waals surface area contributed by atoms with Crippen molar-refractivity contribution in [3.05, 3.63) is 0 Å². The lowest BCUT2D eigenvalue weighted by molar-refractivity contribution is -0.151. The lowest BCUT2D eigenvalue weighted by Crippen LogP contribution is -2.57. The largest absolute Gasteiger partial charge is 0.466 e. The van der Waals surface area contributed by atoms with E-state index in [4.69, 9.17) is 14.2 Å². The summed E-state index contributed by atoms with van der Waals surface area (Å²) >= 11 is 0. The number of esters is 1. The Morgan fingerprint density at radius 2 is 1.63 bits per heavy atom. The highest BCUT2D eigenvalue weighted by Crippen LogP contribution is 2.23. The molecule has 1 unspecified atom stereocenters. The Balaban J connectivity index is 5.65. The summed E-state index contributed by atoms with van der Waals surface area (Å²) in [4.78, 5) is 39.3. The number of methoxy groups -OCH3 is 1. The molecular weight excluding hydrogens is 388 g/mol. The Bertz CT molecular complexity index is 558. The van der Waals surface area contributed by atoms with E-state index in [-0.39, 0.29) is 42.8 Å². The van der Waals surface area contributed by atoms with Crippen LogP contribution in [0.25, 0.3) is 0 Å². The first-order valence-corrected chi connectivity index (χ1v) is 10.7. The van der Waals surface area contributed by atoms with Crippen LogP contribution in [-0.4, -0.2) is 67.4 Å². The van der Waals surface area contributed by atoms with Crippen molar-refractivity contribution in [2.24, 2.45) is 11.8 Å². The van der Waals surface area contributed by atoms with E-state index >= 15 is 0 Å². The minimum Gasteiger partial charge on any atom is -0.466 e. The van der Waals surface area contributed by atoms with E-state index in [1.807, 2.05) is 27.7 Å². The molecule has 8 nitrogen and oxygen atoms in total. The summed E-state index contributed by atoms with van der Waals surface area (Å²) < 4.78 is 16.0. The topological polar surface area (TPSA) is 94.2 Å². The number of nitrogens with one attached hydrogen (secondary N) is 1. The third kappa shape index (κ3) is 9.32. The van der Waals surface area contributed by atoms with Crippen LogP contribution in [-0.2, 0) is 23.8 Å². The Labute approximate surface area is 182 Å². The number of nitrogens with zero attached hydrogens (tertiary/aromatic N) is 1. The smallest absolute Gasteiger partial charge is 0.408 e. The first kappa shape index (κ1) is 28.2. The SMILES string of the molecule is CCOC(=O)C[C@H](OC)C([C@@H](C)CC)N(C)C(=O)[C@@H](NC(=O)OC(C)(C)C)C(C)C. The van der Waals surface area contributed by atoms with Gasteiger partial charge in [0.1, 0.15) is 11.6 Å². The highest BCUT2D eigenvalue weighted by Gasteiger charge is 2.38. The van der Waals surface area contributed by atoms with Crippen molar-refractivity contribution < 1.29 is 28.6 Å². The Morgan fingerprint density at radius 3 is 2.03 bits per heavy atom. The predicted molar refractivity (Wildman–Crippen MR) is 116 cm³/mol. The molecule has 0 spiro atoms. The molecule has 0 rings (SSSR count). The van der Waals surface area contributed by atoms with Gasteiger partial charge in [0.25, 0.3) is 0 Å². The molecule has 0 aliphatic rings. The van der Waals surface area contributed by atoms with E-state index in [0.29, 0.717) is 0 Å². The predicted octanol–water partition coefficient (Wildman–Crippen LogP) is 3.38. The van der Waals surface area contributed by atoms with Crippen molar-refractivity contribution in [1.82, 2.24) is 10.2 Å². The fourth-order valence-electron chi connectivity index (χ4n) is 3.28. The molecular formula is C22H42N2O6. The van der Waals surface area contributed by atoms with Crippen LogP contribution in [0.4, 0.5) is 4.79 Å². The van der Waals surface area contributed by atoms with Crippen LogP contribution in [0, 0.1) is 11.8 Å². The van der Waals surface area contributed by atoms with Gasteiger partial charge in [0, 0.05) is 14.2 Å². The van der Waals surface area contributed by atoms with Crippen molar-refractivity contribution in [2.45, 2.75) is 92.0 Å². The first-order valence-electron chi connectivity index (χ1n) is 10.7. The molecule has 0 saturated heterocycles. The molecule has 30 heavy (non-hydrogen) atoms. The van der Waals surface area contributed by atoms with Gasteiger partial charge in [0.15, 0.2) is 0 Å². The van der Waals surface area contributed by atoms with Gasteiger partial charge < -0.3 is 24.4 Å². The lowest BCUT2D eigenvalue weighted by atomic mass is 9.90. The number of amides is 2. The van der Waals surface area contributed by atoms with Gasteiger partial charge in [-0.2, -0.15) is 0 Å². The number of rotatable bonds is 11. The maximum atomic E-state index is 13.4. The van der Waals surface area contributed by atoms with E-state index < -0.39 is 23.8 Å². The van der Waals surface area contributed by atoms with E-state index in [9.17, 15) is 14.4 Å². The molecule has 0 radical (unpaired) electrons. The molecule has 0 saturated carbocycles. The highest BCUT2D eigenvalue weighted by molar-refractivity contribution is 5.86. The Kier molecular flexibility index (Phi) is 12.0. The number of carbonyl (C=O) groups excluding carboxylic acids is 3. The average molecular weight is 431 g/mol. The van der Waals surface area contributed by atoms with E-state index in [2.05, 4.69) is 5.32 Å². The second-order valence-electron chi connectivity index (χ2n) is 8.98. The van der Waals surface area contributed by atoms with E-state index in [0.717, 1.165) is 6.42 Å². The minimum absolute atomic E-state index is 0.0445. The van der Waals surface area contributed by atoms with Gasteiger partial charge in [-0.15, -0.1) is 0 Å². The van der Waals surface area contributed by atoms with Crippen LogP contribution in [0.3, 0.4) is 0 Å². The average Bonchev–Trinajstić information content (AvgIpc) is 2.62. The van der Waals surface area contributed by atoms with Gasteiger partial charge in [-0.05, 0) is 39.5 Å². The van der Waals surface area contributed by atoms with Gasteiger partial charge in [0.2, 0.25) is 5.91 Å². The Morgan fingerprint density at radius 1 is 1.07 bits per heavy atom. The molecule has 0 aliphatic carbocycles. The summed E-state index contributed by atoms with van der Waals surface area (Å²) in [5.41, 5.74) is -0.666. The van der Waals surface area contributed by atoms with Gasteiger partial charge in [-0.25, -0.2) is 4.79 Å². The molecule has 8 heteroatoms. The lowest BCUT2D eigenvalue weighted by Gasteiger charge is -2.39. The van der Waals surface area contributed by atoms with Crippen LogP contribution in [0.15, 0.2) is 0 Å². The van der Waals surface area contributed by atoms with Crippen molar-refractivity contribution in [3.8, 4) is 0 Å². The van der Waals surface area contributed by atoms with Crippen molar-refractivity contribution >= 4 is 18.0 Å². The summed E-state index contributed by atoms with van der Waals surface area (Å²) in [5.74, 6) is -0.721. The van der Waals surface area contributed by atoms with Crippen molar-refractivity contribution in [3.63, 3.8) is 0 Å². The van der Waals surface area contributed by atoms with Crippen LogP contribution in [0.1, 0.15) is 68.2 Å². The zero-order valence-corrected chi connectivity index (χ0v) is 20.4. The maximum Gasteiger partial charge on any atom is 0.408 e. The normalized spacial score (nSPS) is 15.7. The fraction of sp³-hybridized carbons (Fsp3) is 0.864. The van der Waals surface area contributed by atoms with Crippen LogP contribution >= 0.6 is 0 Å². The first-order chi connectivity index (χ1) is 13.8. The molecule has 2 amide bonds. The van der Waals surface area contributed by atoms with Gasteiger partial charge in [0.05, 0.1) is 25.2 Å². The summed E-state index contributed by atoms with van der Waals surface area (Å²) in [7, 11) is 3.21. The quantitative estimate of drug-likeness (QED) is 0.505. The number of hydrogen-bond acceptors (Lipinski definition) is 6. The van der Waals surface area contributed by atoms with Crippen molar-refractivity contribution in [1.29, 1.82) is 0 Å². The molecule has 0 fully saturated rings. The zero-order valence-electron chi connectivity index (χ0n) is 20.4. The van der Waals surface area contributed by atoms with Gasteiger partial charge in [-0.1, -0.05) is 34.1 Å². The number of ether oxygens (including phenoxy) is 3. The van der Waals surface area contributed by atoms with Crippen LogP contribution in [0.2, 0.25) is 0 Å². The van der Waals surface area contributed by atoms with E-state index in [1.165, 1.54) is 7.11 Å². The third-order valence-corrected chi connectivity index (χ3v) is 4.98. The third-order valence-electron chi connectivity index (χ3n) is 4.98. The number of likely N-dealkylation sites (N-methyl/N-ethyl adjacent to an activating group) is 1. The molecule has 4 atom stereocenters. The number of hydrogen-bond donors (Lipinski definition) is 1. The highest BCUT2D eigenvalue weighted by atomic mass is 16.6. The van der Waals surface area contributed by atoms with Crippen LogP contribution in [0.5, 0.6) is 0 Å². The molecule has 0 aromatic rings. The van der Waals surface area contributed by atoms with E-state index in [1.54, 1.807) is 39.6 Å². The summed E-state index contributed by atoms with van der Waals surface area (Å²) in [6.45, 7) is 15.1. The molecule has 0 aromatic carbocycles. The molecule has 0 bridgehead atoms. The van der Waals surface area contributed by atoms with Crippen LogP contribution < -0.4 is 5.32 Å². The molecule has 176 valence electrons. The Hall–Kier alpha value is -1.83. The van der Waals surface area contributed by atoms with Crippen molar-refractivity contribution in [2.75, 3.05) is 20.8 Å².